The largest absolute Gasteiger partial charge is 0.497 e. The lowest BCUT2D eigenvalue weighted by Gasteiger charge is -2.37. The molecule has 0 saturated carbocycles. The zero-order valence-corrected chi connectivity index (χ0v) is 19.0. The highest BCUT2D eigenvalue weighted by atomic mass is 19.4. The summed E-state index contributed by atoms with van der Waals surface area (Å²) in [7, 11) is 1.41. The number of hydrogen-bond donors (Lipinski definition) is 2. The molecular weight excluding hydrogens is 498 g/mol. The highest BCUT2D eigenvalue weighted by Gasteiger charge is 2.37. The Kier molecular flexibility index (Phi) is 7.60. The van der Waals surface area contributed by atoms with E-state index in [0.717, 1.165) is 4.90 Å². The second kappa shape index (κ2) is 10.2. The van der Waals surface area contributed by atoms with Gasteiger partial charge in [-0.3, -0.25) is 4.90 Å². The lowest BCUT2D eigenvalue weighted by Crippen LogP contribution is -2.45. The van der Waals surface area contributed by atoms with E-state index in [-0.39, 0.29) is 18.1 Å². The van der Waals surface area contributed by atoms with Crippen LogP contribution >= 0.6 is 0 Å². The highest BCUT2D eigenvalue weighted by Crippen LogP contribution is 2.39. The van der Waals surface area contributed by atoms with Gasteiger partial charge in [-0.25, -0.2) is 9.59 Å². The van der Waals surface area contributed by atoms with Crippen molar-refractivity contribution in [2.75, 3.05) is 18.6 Å². The van der Waals surface area contributed by atoms with Crippen molar-refractivity contribution in [2.24, 2.45) is 0 Å². The smallest absolute Gasteiger partial charge is 0.416 e. The first-order valence-electron chi connectivity index (χ1n) is 10.6. The van der Waals surface area contributed by atoms with Crippen molar-refractivity contribution in [1.82, 2.24) is 5.32 Å². The number of hydrogen-bond acceptors (Lipinski definition) is 4. The quantitative estimate of drug-likeness (QED) is 0.471. The van der Waals surface area contributed by atoms with Crippen molar-refractivity contribution >= 4 is 17.9 Å². The number of fused-ring (bicyclic) bond motifs is 1. The molecule has 2 aromatic carbocycles. The number of benzene rings is 2. The zero-order chi connectivity index (χ0) is 26.8. The number of anilines is 1. The molecule has 1 aliphatic heterocycles. The summed E-state index contributed by atoms with van der Waals surface area (Å²) >= 11 is 0. The molecular formula is C23H22F6N2O5. The third-order valence-electron chi connectivity index (χ3n) is 5.66. The van der Waals surface area contributed by atoms with Crippen LogP contribution in [-0.2, 0) is 23.5 Å². The number of alkyl halides is 6. The van der Waals surface area contributed by atoms with E-state index in [1.807, 2.05) is 0 Å². The minimum Gasteiger partial charge on any atom is -0.497 e. The zero-order valence-electron chi connectivity index (χ0n) is 19.0. The normalized spacial score (nSPS) is 17.8. The summed E-state index contributed by atoms with van der Waals surface area (Å²) in [6.07, 6.45) is -12.3. The van der Waals surface area contributed by atoms with Gasteiger partial charge in [-0.15, -0.1) is 0 Å². The molecule has 2 unspecified atom stereocenters. The van der Waals surface area contributed by atoms with Crippen LogP contribution in [0.3, 0.4) is 0 Å². The standard InChI is InChI=1S/C23H22F6N2O5/c1-12-7-18(17-11-16(35-2)3-4-19(17)31(12)21(33)34)30-20(32)36-6-5-13-8-14(22(24,25)26)10-15(9-13)23(27,28)29/h3-4,8-12,18H,5-7H2,1-2H3,(H,30,32)(H,33,34). The minimum absolute atomic E-state index is 0.0213. The molecule has 196 valence electrons. The Hall–Kier alpha value is -3.64. The first-order valence-corrected chi connectivity index (χ1v) is 10.6. The molecule has 0 aromatic heterocycles. The third-order valence-corrected chi connectivity index (χ3v) is 5.66. The van der Waals surface area contributed by atoms with Crippen LogP contribution in [0.1, 0.15) is 41.6 Å². The summed E-state index contributed by atoms with van der Waals surface area (Å²) in [4.78, 5) is 25.2. The molecule has 2 atom stereocenters. The summed E-state index contributed by atoms with van der Waals surface area (Å²) in [6.45, 7) is 1.16. The molecule has 1 aliphatic rings. The topological polar surface area (TPSA) is 88.1 Å². The molecule has 36 heavy (non-hydrogen) atoms. The van der Waals surface area contributed by atoms with E-state index in [2.05, 4.69) is 5.32 Å². The minimum atomic E-state index is -4.98. The predicted octanol–water partition coefficient (Wildman–Crippen LogP) is 6.02. The van der Waals surface area contributed by atoms with Crippen LogP contribution in [0.4, 0.5) is 41.6 Å². The van der Waals surface area contributed by atoms with Crippen LogP contribution in [0, 0.1) is 0 Å². The van der Waals surface area contributed by atoms with Crippen LogP contribution < -0.4 is 15.0 Å². The number of carbonyl (C=O) groups excluding carboxylic acids is 1. The van der Waals surface area contributed by atoms with Crippen molar-refractivity contribution in [3.63, 3.8) is 0 Å². The van der Waals surface area contributed by atoms with Crippen molar-refractivity contribution in [3.8, 4) is 5.75 Å². The fourth-order valence-corrected chi connectivity index (χ4v) is 4.01. The van der Waals surface area contributed by atoms with Gasteiger partial charge in [0.1, 0.15) is 5.75 Å². The number of amides is 2. The first-order chi connectivity index (χ1) is 16.7. The number of rotatable bonds is 5. The fraction of sp³-hybridized carbons (Fsp3) is 0.391. The highest BCUT2D eigenvalue weighted by molar-refractivity contribution is 5.89. The Morgan fingerprint density at radius 3 is 2.19 bits per heavy atom. The molecule has 0 radical (unpaired) electrons. The van der Waals surface area contributed by atoms with E-state index in [9.17, 15) is 41.0 Å². The van der Waals surface area contributed by atoms with Gasteiger partial charge in [-0.1, -0.05) is 0 Å². The maximum atomic E-state index is 13.0. The number of alkyl carbamates (subject to hydrolysis) is 1. The average Bonchev–Trinajstić information content (AvgIpc) is 2.77. The van der Waals surface area contributed by atoms with Crippen LogP contribution in [0.15, 0.2) is 36.4 Å². The van der Waals surface area contributed by atoms with E-state index in [1.165, 1.54) is 13.2 Å². The third kappa shape index (κ3) is 6.13. The Balaban J connectivity index is 1.72. The first kappa shape index (κ1) is 27.0. The number of carboxylic acid groups (broad SMARTS) is 1. The molecule has 0 aliphatic carbocycles. The molecule has 0 fully saturated rings. The van der Waals surface area contributed by atoms with Crippen molar-refractivity contribution in [3.05, 3.63) is 58.7 Å². The van der Waals surface area contributed by atoms with Crippen molar-refractivity contribution in [1.29, 1.82) is 0 Å². The number of carbonyl (C=O) groups is 2. The molecule has 2 aromatic rings. The van der Waals surface area contributed by atoms with Crippen LogP contribution in [0.5, 0.6) is 5.75 Å². The molecule has 0 spiro atoms. The van der Waals surface area contributed by atoms with Gasteiger partial charge in [0.05, 0.1) is 36.6 Å². The van der Waals surface area contributed by atoms with E-state index in [1.54, 1.807) is 19.1 Å². The summed E-state index contributed by atoms with van der Waals surface area (Å²) < 4.78 is 88.3. The van der Waals surface area contributed by atoms with Gasteiger partial charge >= 0.3 is 24.5 Å². The van der Waals surface area contributed by atoms with E-state index in [4.69, 9.17) is 9.47 Å². The number of ether oxygens (including phenoxy) is 2. The van der Waals surface area contributed by atoms with Crippen LogP contribution in [0.25, 0.3) is 0 Å². The lowest BCUT2D eigenvalue weighted by molar-refractivity contribution is -0.143. The summed E-state index contributed by atoms with van der Waals surface area (Å²) in [5, 5.41) is 12.1. The van der Waals surface area contributed by atoms with Gasteiger partial charge in [-0.2, -0.15) is 26.3 Å². The molecule has 3 rings (SSSR count). The molecule has 2 N–H and O–H groups in total. The van der Waals surface area contributed by atoms with Gasteiger partial charge in [0.2, 0.25) is 0 Å². The molecule has 0 bridgehead atoms. The summed E-state index contributed by atoms with van der Waals surface area (Å²) in [6, 6.07) is 4.62. The predicted molar refractivity (Wildman–Crippen MR) is 115 cm³/mol. The van der Waals surface area contributed by atoms with Gasteiger partial charge < -0.3 is 19.9 Å². The molecule has 0 saturated heterocycles. The second-order valence-corrected chi connectivity index (χ2v) is 8.16. The summed E-state index contributed by atoms with van der Waals surface area (Å²) in [5.74, 6) is 0.416. The average molecular weight is 520 g/mol. The molecule has 2 amide bonds. The van der Waals surface area contributed by atoms with Crippen molar-refractivity contribution in [2.45, 2.75) is 44.2 Å². The maximum absolute atomic E-state index is 13.0. The Bertz CT molecular complexity index is 1100. The Labute approximate surface area is 201 Å². The second-order valence-electron chi connectivity index (χ2n) is 8.16. The van der Waals surface area contributed by atoms with E-state index < -0.39 is 60.8 Å². The van der Waals surface area contributed by atoms with Gasteiger partial charge in [-0.05, 0) is 55.3 Å². The number of methoxy groups -OCH3 is 1. The molecule has 1 heterocycles. The fourth-order valence-electron chi connectivity index (χ4n) is 4.01. The van der Waals surface area contributed by atoms with E-state index >= 15 is 0 Å². The monoisotopic (exact) mass is 520 g/mol. The SMILES string of the molecule is COc1ccc2c(c1)C(NC(=O)OCCc1cc(C(F)(F)F)cc(C(F)(F)F)c1)CC(C)N2C(=O)O. The lowest BCUT2D eigenvalue weighted by atomic mass is 9.92. The molecule has 13 heteroatoms. The van der Waals surface area contributed by atoms with Crippen LogP contribution in [-0.4, -0.2) is 37.1 Å². The van der Waals surface area contributed by atoms with Gasteiger partial charge in [0, 0.05) is 18.0 Å². The number of nitrogens with one attached hydrogen (secondary N) is 1. The molecule has 7 nitrogen and oxygen atoms in total. The summed E-state index contributed by atoms with van der Waals surface area (Å²) in [5.41, 5.74) is -2.44. The number of nitrogens with zero attached hydrogens (tertiary/aromatic N) is 1. The van der Waals surface area contributed by atoms with Crippen LogP contribution in [0.2, 0.25) is 0 Å². The maximum Gasteiger partial charge on any atom is 0.416 e. The number of halogens is 6. The van der Waals surface area contributed by atoms with Crippen molar-refractivity contribution < 1.29 is 50.5 Å². The van der Waals surface area contributed by atoms with Gasteiger partial charge in [0.15, 0.2) is 0 Å². The Morgan fingerprint density at radius 2 is 1.67 bits per heavy atom. The Morgan fingerprint density at radius 1 is 1.06 bits per heavy atom. The van der Waals surface area contributed by atoms with Gasteiger partial charge in [0.25, 0.3) is 0 Å². The van der Waals surface area contributed by atoms with E-state index in [0.29, 0.717) is 29.1 Å².